The monoisotopic (exact) mass is 339 g/mol. The van der Waals surface area contributed by atoms with Gasteiger partial charge in [0.1, 0.15) is 5.82 Å². The second-order valence-corrected chi connectivity index (χ2v) is 5.78. The lowest BCUT2D eigenvalue weighted by Gasteiger charge is -2.12. The van der Waals surface area contributed by atoms with E-state index in [2.05, 4.69) is 10.4 Å². The summed E-state index contributed by atoms with van der Waals surface area (Å²) in [4.78, 5) is 11.8. The molecular weight excluding hydrogens is 321 g/mol. The summed E-state index contributed by atoms with van der Waals surface area (Å²) in [5.74, 6) is -0.775. The fraction of sp³-hybridized carbons (Fsp3) is 0.375. The Labute approximate surface area is 139 Å². The van der Waals surface area contributed by atoms with Gasteiger partial charge in [0.2, 0.25) is 5.91 Å². The lowest BCUT2D eigenvalue weighted by atomic mass is 10.1. The molecule has 1 aromatic heterocycles. The second-order valence-electron chi connectivity index (χ2n) is 5.37. The second kappa shape index (κ2) is 7.57. The van der Waals surface area contributed by atoms with Crippen molar-refractivity contribution in [1.29, 1.82) is 0 Å². The molecule has 1 amide bonds. The van der Waals surface area contributed by atoms with Crippen LogP contribution in [0, 0.1) is 12.7 Å². The van der Waals surface area contributed by atoms with Crippen LogP contribution in [0.3, 0.4) is 0 Å². The number of hydrogen-bond donors (Lipinski definition) is 2. The van der Waals surface area contributed by atoms with Crippen molar-refractivity contribution in [3.8, 4) is 0 Å². The molecule has 0 aliphatic heterocycles. The number of hydrogen-bond acceptors (Lipinski definition) is 3. The topological polar surface area (TPSA) is 67.2 Å². The van der Waals surface area contributed by atoms with Crippen LogP contribution >= 0.6 is 11.6 Å². The zero-order valence-corrected chi connectivity index (χ0v) is 13.8. The standard InChI is InChI=1S/C16H19ClFN3O2/c1-10-12(8-20-21(10)2)4-6-16(23)19-9-15(22)11-3-5-13(17)14(18)7-11/h3,5,7-8,15,22H,4,6,9H2,1-2H3,(H,19,23). The van der Waals surface area contributed by atoms with Gasteiger partial charge in [-0.25, -0.2) is 4.39 Å². The Morgan fingerprint density at radius 1 is 1.52 bits per heavy atom. The Morgan fingerprint density at radius 3 is 2.87 bits per heavy atom. The van der Waals surface area contributed by atoms with Crippen LogP contribution < -0.4 is 5.32 Å². The highest BCUT2D eigenvalue weighted by Crippen LogP contribution is 2.20. The van der Waals surface area contributed by atoms with Gasteiger partial charge in [0.15, 0.2) is 0 Å². The van der Waals surface area contributed by atoms with Crippen molar-refractivity contribution < 1.29 is 14.3 Å². The predicted octanol–water partition coefficient (Wildman–Crippen LogP) is 2.30. The molecule has 0 bridgehead atoms. The Hall–Kier alpha value is -1.92. The number of carbonyl (C=O) groups excluding carboxylic acids is 1. The van der Waals surface area contributed by atoms with Crippen LogP contribution in [0.15, 0.2) is 24.4 Å². The summed E-state index contributed by atoms with van der Waals surface area (Å²) in [6.07, 6.45) is 1.64. The molecule has 5 nitrogen and oxygen atoms in total. The minimum Gasteiger partial charge on any atom is -0.387 e. The number of aryl methyl sites for hydroxylation is 2. The maximum Gasteiger partial charge on any atom is 0.220 e. The molecule has 1 atom stereocenters. The van der Waals surface area contributed by atoms with Gasteiger partial charge in [-0.3, -0.25) is 9.48 Å². The lowest BCUT2D eigenvalue weighted by Crippen LogP contribution is -2.28. The number of benzene rings is 1. The molecule has 0 aliphatic carbocycles. The molecule has 0 radical (unpaired) electrons. The van der Waals surface area contributed by atoms with E-state index in [0.717, 1.165) is 17.3 Å². The Morgan fingerprint density at radius 2 is 2.26 bits per heavy atom. The Bertz CT molecular complexity index is 703. The van der Waals surface area contributed by atoms with Crippen LogP contribution in [0.25, 0.3) is 0 Å². The smallest absolute Gasteiger partial charge is 0.220 e. The van der Waals surface area contributed by atoms with Crippen LogP contribution in [0.4, 0.5) is 4.39 Å². The van der Waals surface area contributed by atoms with Gasteiger partial charge in [-0.15, -0.1) is 0 Å². The first-order valence-electron chi connectivity index (χ1n) is 7.25. The molecule has 0 saturated carbocycles. The summed E-state index contributed by atoms with van der Waals surface area (Å²) >= 11 is 5.59. The number of rotatable bonds is 6. The van der Waals surface area contributed by atoms with Crippen LogP contribution in [-0.2, 0) is 18.3 Å². The molecule has 2 aromatic rings. The summed E-state index contributed by atoms with van der Waals surface area (Å²) < 4.78 is 15.1. The average molecular weight is 340 g/mol. The Kier molecular flexibility index (Phi) is 5.74. The third-order valence-corrected chi connectivity index (χ3v) is 4.09. The molecular formula is C16H19ClFN3O2. The van der Waals surface area contributed by atoms with Crippen molar-refractivity contribution in [2.24, 2.45) is 7.05 Å². The molecule has 2 N–H and O–H groups in total. The number of amides is 1. The highest BCUT2D eigenvalue weighted by Gasteiger charge is 2.12. The molecule has 0 spiro atoms. The van der Waals surface area contributed by atoms with Gasteiger partial charge in [-0.1, -0.05) is 17.7 Å². The number of aromatic nitrogens is 2. The summed E-state index contributed by atoms with van der Waals surface area (Å²) in [6, 6.07) is 4.07. The highest BCUT2D eigenvalue weighted by atomic mass is 35.5. The third kappa shape index (κ3) is 4.53. The summed E-state index contributed by atoms with van der Waals surface area (Å²) in [6.45, 7) is 1.96. The molecule has 124 valence electrons. The lowest BCUT2D eigenvalue weighted by molar-refractivity contribution is -0.121. The first-order chi connectivity index (χ1) is 10.9. The first-order valence-corrected chi connectivity index (χ1v) is 7.63. The van der Waals surface area contributed by atoms with Crippen molar-refractivity contribution in [2.45, 2.75) is 25.9 Å². The quantitative estimate of drug-likeness (QED) is 0.848. The largest absolute Gasteiger partial charge is 0.387 e. The first kappa shape index (κ1) is 17.4. The fourth-order valence-electron chi connectivity index (χ4n) is 2.17. The Balaban J connectivity index is 1.81. The van der Waals surface area contributed by atoms with E-state index in [0.29, 0.717) is 18.4 Å². The molecule has 23 heavy (non-hydrogen) atoms. The molecule has 1 unspecified atom stereocenters. The molecule has 7 heteroatoms. The minimum absolute atomic E-state index is 0.00294. The van der Waals surface area contributed by atoms with Gasteiger partial charge < -0.3 is 10.4 Å². The minimum atomic E-state index is -0.981. The van der Waals surface area contributed by atoms with Gasteiger partial charge in [-0.05, 0) is 36.6 Å². The van der Waals surface area contributed by atoms with Crippen molar-refractivity contribution in [3.05, 3.63) is 52.1 Å². The predicted molar refractivity (Wildman–Crippen MR) is 85.6 cm³/mol. The normalized spacial score (nSPS) is 12.2. The molecule has 1 heterocycles. The van der Waals surface area contributed by atoms with Crippen molar-refractivity contribution >= 4 is 17.5 Å². The van der Waals surface area contributed by atoms with Crippen molar-refractivity contribution in [1.82, 2.24) is 15.1 Å². The van der Waals surface area contributed by atoms with E-state index in [4.69, 9.17) is 11.6 Å². The summed E-state index contributed by atoms with van der Waals surface area (Å²) in [5, 5.41) is 16.7. The molecule has 0 fully saturated rings. The van der Waals surface area contributed by atoms with Gasteiger partial charge >= 0.3 is 0 Å². The number of aliphatic hydroxyl groups is 1. The van der Waals surface area contributed by atoms with E-state index in [-0.39, 0.29) is 17.5 Å². The van der Waals surface area contributed by atoms with E-state index in [9.17, 15) is 14.3 Å². The zero-order chi connectivity index (χ0) is 17.0. The van der Waals surface area contributed by atoms with Gasteiger partial charge in [0, 0.05) is 25.7 Å². The molecule has 0 saturated heterocycles. The number of halogens is 2. The molecule has 0 aliphatic rings. The maximum absolute atomic E-state index is 13.3. The van der Waals surface area contributed by atoms with Crippen molar-refractivity contribution in [3.63, 3.8) is 0 Å². The number of nitrogens with zero attached hydrogens (tertiary/aromatic N) is 2. The number of nitrogens with one attached hydrogen (secondary N) is 1. The van der Waals surface area contributed by atoms with Crippen LogP contribution in [0.5, 0.6) is 0 Å². The third-order valence-electron chi connectivity index (χ3n) is 3.78. The highest BCUT2D eigenvalue weighted by molar-refractivity contribution is 6.30. The summed E-state index contributed by atoms with van der Waals surface area (Å²) in [7, 11) is 1.85. The SMILES string of the molecule is Cc1c(CCC(=O)NCC(O)c2ccc(Cl)c(F)c2)cnn1C. The van der Waals surface area contributed by atoms with Crippen LogP contribution in [0.2, 0.25) is 5.02 Å². The number of carbonyl (C=O) groups is 1. The van der Waals surface area contributed by atoms with Gasteiger partial charge in [-0.2, -0.15) is 5.10 Å². The van der Waals surface area contributed by atoms with Crippen molar-refractivity contribution in [2.75, 3.05) is 6.54 Å². The maximum atomic E-state index is 13.3. The number of aliphatic hydroxyl groups excluding tert-OH is 1. The van der Waals surface area contributed by atoms with E-state index < -0.39 is 11.9 Å². The van der Waals surface area contributed by atoms with Gasteiger partial charge in [0.05, 0.1) is 17.3 Å². The van der Waals surface area contributed by atoms with E-state index in [1.807, 2.05) is 14.0 Å². The fourth-order valence-corrected chi connectivity index (χ4v) is 2.29. The van der Waals surface area contributed by atoms with Crippen LogP contribution in [0.1, 0.15) is 29.3 Å². The van der Waals surface area contributed by atoms with Gasteiger partial charge in [0.25, 0.3) is 0 Å². The zero-order valence-electron chi connectivity index (χ0n) is 13.0. The summed E-state index contributed by atoms with van der Waals surface area (Å²) in [5.41, 5.74) is 2.41. The van der Waals surface area contributed by atoms with E-state index >= 15 is 0 Å². The van der Waals surface area contributed by atoms with Crippen LogP contribution in [-0.4, -0.2) is 27.3 Å². The van der Waals surface area contributed by atoms with E-state index in [1.54, 1.807) is 10.9 Å². The average Bonchev–Trinajstić information content (AvgIpc) is 2.85. The molecule has 1 aromatic carbocycles. The van der Waals surface area contributed by atoms with E-state index in [1.165, 1.54) is 12.1 Å². The molecule has 2 rings (SSSR count).